The number of amides is 3. The Balaban J connectivity index is 1.19. The van der Waals surface area contributed by atoms with E-state index in [1.165, 1.54) is 6.07 Å². The number of benzene rings is 3. The maximum atomic E-state index is 13.7. The summed E-state index contributed by atoms with van der Waals surface area (Å²) < 4.78 is 7.36. The highest BCUT2D eigenvalue weighted by molar-refractivity contribution is 6.15. The Morgan fingerprint density at radius 2 is 1.67 bits per heavy atom. The lowest BCUT2D eigenvalue weighted by Crippen LogP contribution is -2.33. The maximum absolute atomic E-state index is 13.7. The van der Waals surface area contributed by atoms with Crippen LogP contribution in [-0.2, 0) is 17.9 Å². The van der Waals surface area contributed by atoms with Crippen LogP contribution >= 0.6 is 0 Å². The van der Waals surface area contributed by atoms with Gasteiger partial charge in [-0.15, -0.1) is 5.10 Å². The van der Waals surface area contributed by atoms with Crippen molar-refractivity contribution in [2.24, 2.45) is 5.92 Å². The number of carbonyl (C=O) groups is 3. The van der Waals surface area contributed by atoms with Gasteiger partial charge in [0.2, 0.25) is 5.88 Å². The number of hydrogen-bond acceptors (Lipinski definition) is 7. The molecular weight excluding hydrogens is 570 g/mol. The van der Waals surface area contributed by atoms with Gasteiger partial charge in [0.05, 0.1) is 18.4 Å². The second kappa shape index (κ2) is 13.8. The molecule has 2 heterocycles. The van der Waals surface area contributed by atoms with Gasteiger partial charge in [0.15, 0.2) is 12.3 Å². The molecule has 0 bridgehead atoms. The summed E-state index contributed by atoms with van der Waals surface area (Å²) in [7, 11) is 0. The normalized spacial score (nSPS) is 12.7. The Bertz CT molecular complexity index is 1800. The number of ether oxygens (including phenoxy) is 1. The van der Waals surface area contributed by atoms with Gasteiger partial charge in [0, 0.05) is 30.9 Å². The van der Waals surface area contributed by atoms with Crippen LogP contribution in [0.25, 0.3) is 10.8 Å². The molecule has 11 heteroatoms. The second-order valence-electron chi connectivity index (χ2n) is 11.0. The first-order chi connectivity index (χ1) is 22.0. The molecule has 3 amide bonds. The molecule has 1 fully saturated rings. The van der Waals surface area contributed by atoms with Crippen molar-refractivity contribution >= 4 is 34.2 Å². The van der Waals surface area contributed by atoms with Crippen molar-refractivity contribution in [2.75, 3.05) is 18.5 Å². The van der Waals surface area contributed by atoms with E-state index in [-0.39, 0.29) is 35.7 Å². The van der Waals surface area contributed by atoms with Crippen molar-refractivity contribution in [3.8, 4) is 5.88 Å². The zero-order valence-corrected chi connectivity index (χ0v) is 24.6. The molecule has 5 aromatic rings. The Morgan fingerprint density at radius 1 is 0.867 bits per heavy atom. The SMILES string of the molecule is O=C(COc1ccc(NC(=O)c2ccc(Cn3ccnn3)c3ccccc23)c(C(=O)NCC2CCC2)n1)NCc1ccccc1. The van der Waals surface area contributed by atoms with Crippen molar-refractivity contribution in [3.05, 3.63) is 114 Å². The lowest BCUT2D eigenvalue weighted by molar-refractivity contribution is -0.123. The fourth-order valence-electron chi connectivity index (χ4n) is 5.18. The van der Waals surface area contributed by atoms with Crippen LogP contribution in [0.4, 0.5) is 5.69 Å². The molecule has 2 aromatic heterocycles. The number of aromatic nitrogens is 4. The molecule has 1 aliphatic rings. The number of carbonyl (C=O) groups excluding carboxylic acids is 3. The number of rotatable bonds is 12. The highest BCUT2D eigenvalue weighted by Gasteiger charge is 2.22. The minimum Gasteiger partial charge on any atom is -0.468 e. The molecule has 3 aromatic carbocycles. The average molecular weight is 604 g/mol. The minimum absolute atomic E-state index is 0.0111. The standard InChI is InChI=1S/C34H33N7O4/c42-30(35-19-23-7-2-1-3-8-23)22-45-31-16-15-29(32(39-31)34(44)36-20-24-9-6-10-24)38-33(43)28-14-13-25(21-41-18-17-37-40-41)26-11-4-5-12-27(26)28/h1-5,7-8,11-18,24H,6,9-10,19-22H2,(H,35,42)(H,36,44)(H,38,43). The summed E-state index contributed by atoms with van der Waals surface area (Å²) in [4.78, 5) is 43.8. The molecule has 1 aliphatic carbocycles. The summed E-state index contributed by atoms with van der Waals surface area (Å²) in [5.41, 5.74) is 2.65. The van der Waals surface area contributed by atoms with Crippen LogP contribution in [-0.4, -0.2) is 50.9 Å². The molecule has 0 spiro atoms. The first kappa shape index (κ1) is 29.5. The second-order valence-corrected chi connectivity index (χ2v) is 11.0. The fraction of sp³-hybridized carbons (Fsp3) is 0.235. The van der Waals surface area contributed by atoms with E-state index in [0.29, 0.717) is 31.1 Å². The first-order valence-corrected chi connectivity index (χ1v) is 14.9. The van der Waals surface area contributed by atoms with Crippen molar-refractivity contribution < 1.29 is 19.1 Å². The van der Waals surface area contributed by atoms with E-state index < -0.39 is 5.91 Å². The largest absolute Gasteiger partial charge is 0.468 e. The number of hydrogen-bond donors (Lipinski definition) is 3. The van der Waals surface area contributed by atoms with Gasteiger partial charge < -0.3 is 20.7 Å². The summed E-state index contributed by atoms with van der Waals surface area (Å²) in [6, 6.07) is 23.9. The Morgan fingerprint density at radius 3 is 2.42 bits per heavy atom. The lowest BCUT2D eigenvalue weighted by atomic mass is 9.85. The van der Waals surface area contributed by atoms with E-state index in [0.717, 1.165) is 41.2 Å². The quantitative estimate of drug-likeness (QED) is 0.193. The van der Waals surface area contributed by atoms with Gasteiger partial charge in [0.1, 0.15) is 0 Å². The molecule has 45 heavy (non-hydrogen) atoms. The third kappa shape index (κ3) is 7.32. The van der Waals surface area contributed by atoms with E-state index in [1.807, 2.05) is 60.7 Å². The molecule has 0 aliphatic heterocycles. The predicted molar refractivity (Wildman–Crippen MR) is 169 cm³/mol. The van der Waals surface area contributed by atoms with E-state index in [2.05, 4.69) is 31.2 Å². The number of nitrogens with zero attached hydrogens (tertiary/aromatic N) is 4. The van der Waals surface area contributed by atoms with Crippen LogP contribution in [0.5, 0.6) is 5.88 Å². The fourth-order valence-corrected chi connectivity index (χ4v) is 5.18. The van der Waals surface area contributed by atoms with Crippen LogP contribution in [0.2, 0.25) is 0 Å². The summed E-state index contributed by atoms with van der Waals surface area (Å²) in [5.74, 6) is -0.610. The molecule has 3 N–H and O–H groups in total. The zero-order chi connectivity index (χ0) is 31.0. The van der Waals surface area contributed by atoms with E-state index >= 15 is 0 Å². The van der Waals surface area contributed by atoms with Crippen molar-refractivity contribution in [2.45, 2.75) is 32.4 Å². The topological polar surface area (TPSA) is 140 Å². The zero-order valence-electron chi connectivity index (χ0n) is 24.6. The first-order valence-electron chi connectivity index (χ1n) is 14.9. The Labute approximate surface area is 260 Å². The third-order valence-electron chi connectivity index (χ3n) is 7.86. The number of nitrogens with one attached hydrogen (secondary N) is 3. The average Bonchev–Trinajstić information content (AvgIpc) is 3.56. The molecule has 6 rings (SSSR count). The maximum Gasteiger partial charge on any atom is 0.272 e. The molecule has 0 unspecified atom stereocenters. The summed E-state index contributed by atoms with van der Waals surface area (Å²) in [6.07, 6.45) is 6.69. The van der Waals surface area contributed by atoms with Gasteiger partial charge in [-0.2, -0.15) is 0 Å². The molecule has 1 saturated carbocycles. The smallest absolute Gasteiger partial charge is 0.272 e. The van der Waals surface area contributed by atoms with E-state index in [4.69, 9.17) is 4.74 Å². The van der Waals surface area contributed by atoms with E-state index in [9.17, 15) is 14.4 Å². The number of pyridine rings is 1. The molecule has 0 radical (unpaired) electrons. The van der Waals surface area contributed by atoms with Crippen LogP contribution in [0.3, 0.4) is 0 Å². The van der Waals surface area contributed by atoms with Crippen molar-refractivity contribution in [3.63, 3.8) is 0 Å². The number of fused-ring (bicyclic) bond motifs is 1. The molecule has 0 saturated heterocycles. The van der Waals surface area contributed by atoms with Gasteiger partial charge in [0.25, 0.3) is 17.7 Å². The third-order valence-corrected chi connectivity index (χ3v) is 7.86. The Kier molecular flexibility index (Phi) is 9.05. The van der Waals surface area contributed by atoms with Gasteiger partial charge in [-0.05, 0) is 52.8 Å². The van der Waals surface area contributed by atoms with Gasteiger partial charge in [-0.25, -0.2) is 9.67 Å². The van der Waals surface area contributed by atoms with Gasteiger partial charge in [-0.3, -0.25) is 14.4 Å². The molecule has 0 atom stereocenters. The van der Waals surface area contributed by atoms with Crippen LogP contribution < -0.4 is 20.7 Å². The predicted octanol–water partition coefficient (Wildman–Crippen LogP) is 4.35. The molecule has 11 nitrogen and oxygen atoms in total. The lowest BCUT2D eigenvalue weighted by Gasteiger charge is -2.25. The van der Waals surface area contributed by atoms with Gasteiger partial charge in [-0.1, -0.05) is 72.3 Å². The number of anilines is 1. The molecule has 228 valence electrons. The van der Waals surface area contributed by atoms with Crippen LogP contribution in [0.15, 0.2) is 91.3 Å². The highest BCUT2D eigenvalue weighted by Crippen LogP contribution is 2.27. The van der Waals surface area contributed by atoms with Crippen LogP contribution in [0, 0.1) is 5.92 Å². The van der Waals surface area contributed by atoms with Crippen molar-refractivity contribution in [1.82, 2.24) is 30.6 Å². The van der Waals surface area contributed by atoms with E-state index in [1.54, 1.807) is 29.2 Å². The summed E-state index contributed by atoms with van der Waals surface area (Å²) in [5, 5.41) is 18.2. The van der Waals surface area contributed by atoms with Gasteiger partial charge >= 0.3 is 0 Å². The summed E-state index contributed by atoms with van der Waals surface area (Å²) in [6.45, 7) is 1.12. The Hall–Kier alpha value is -5.58. The van der Waals surface area contributed by atoms with Crippen LogP contribution in [0.1, 0.15) is 51.2 Å². The highest BCUT2D eigenvalue weighted by atomic mass is 16.5. The molecular formula is C34H33N7O4. The van der Waals surface area contributed by atoms with Crippen molar-refractivity contribution in [1.29, 1.82) is 0 Å². The monoisotopic (exact) mass is 603 g/mol. The summed E-state index contributed by atoms with van der Waals surface area (Å²) >= 11 is 0. The minimum atomic E-state index is -0.427.